The van der Waals surface area contributed by atoms with Crippen LogP contribution in [-0.2, 0) is 0 Å². The Bertz CT molecular complexity index is 386. The summed E-state index contributed by atoms with van der Waals surface area (Å²) in [7, 11) is 2.01. The summed E-state index contributed by atoms with van der Waals surface area (Å²) in [6.45, 7) is 2.09. The number of anilines is 1. The first-order valence-electron chi connectivity index (χ1n) is 5.42. The summed E-state index contributed by atoms with van der Waals surface area (Å²) in [5, 5.41) is 0.964. The van der Waals surface area contributed by atoms with Gasteiger partial charge in [-0.05, 0) is 19.8 Å². The van der Waals surface area contributed by atoms with Crippen molar-refractivity contribution >= 4 is 33.9 Å². The minimum absolute atomic E-state index is 0.275. The Kier molecular flexibility index (Phi) is 3.39. The lowest BCUT2D eigenvalue weighted by molar-refractivity contribution is 0.710. The number of aromatic nitrogens is 2. The molecule has 0 radical (unpaired) electrons. The average molecular weight is 256 g/mol. The number of nitrogens with zero attached hydrogens (tertiary/aromatic N) is 3. The second kappa shape index (κ2) is 4.63. The van der Waals surface area contributed by atoms with Crippen molar-refractivity contribution in [3.63, 3.8) is 0 Å². The van der Waals surface area contributed by atoms with E-state index < -0.39 is 0 Å². The maximum Gasteiger partial charge on any atom is 0.205 e. The molecule has 0 saturated heterocycles. The molecule has 1 aromatic heterocycles. The second-order valence-corrected chi connectivity index (χ2v) is 5.59. The Hall–Kier alpha value is -0.750. The normalized spacial score (nSPS) is 17.1. The summed E-state index contributed by atoms with van der Waals surface area (Å²) in [5.41, 5.74) is 5.54. The summed E-state index contributed by atoms with van der Waals surface area (Å²) >= 11 is 6.38. The van der Waals surface area contributed by atoms with Crippen LogP contribution in [0.25, 0.3) is 0 Å². The van der Waals surface area contributed by atoms with E-state index in [1.165, 1.54) is 24.4 Å². The van der Waals surface area contributed by atoms with Gasteiger partial charge in [-0.15, -0.1) is 0 Å². The Balaban J connectivity index is 2.01. The van der Waals surface area contributed by atoms with Gasteiger partial charge in [0, 0.05) is 37.0 Å². The lowest BCUT2D eigenvalue weighted by Gasteiger charge is -2.23. The molecule has 0 amide bonds. The second-order valence-electron chi connectivity index (χ2n) is 4.34. The van der Waals surface area contributed by atoms with Crippen LogP contribution in [0.3, 0.4) is 0 Å². The highest BCUT2D eigenvalue weighted by atomic mass is 32.1. The van der Waals surface area contributed by atoms with E-state index >= 15 is 0 Å². The fourth-order valence-corrected chi connectivity index (χ4v) is 2.54. The molecular formula is C10H16N4S2. The Morgan fingerprint density at radius 2 is 2.38 bits per heavy atom. The summed E-state index contributed by atoms with van der Waals surface area (Å²) in [5.74, 6) is 1.62. The van der Waals surface area contributed by atoms with Crippen molar-refractivity contribution in [2.75, 3.05) is 11.9 Å². The molecule has 2 N–H and O–H groups in total. The maximum absolute atomic E-state index is 5.54. The molecule has 0 spiro atoms. The largest absolute Gasteiger partial charge is 0.393 e. The lowest BCUT2D eigenvalue weighted by Crippen LogP contribution is -2.32. The van der Waals surface area contributed by atoms with Crippen molar-refractivity contribution in [1.29, 1.82) is 0 Å². The summed E-state index contributed by atoms with van der Waals surface area (Å²) < 4.78 is 4.39. The molecule has 16 heavy (non-hydrogen) atoms. The van der Waals surface area contributed by atoms with Gasteiger partial charge >= 0.3 is 0 Å². The number of rotatable bonds is 5. The molecule has 1 aromatic rings. The van der Waals surface area contributed by atoms with Gasteiger partial charge < -0.3 is 10.6 Å². The van der Waals surface area contributed by atoms with Crippen LogP contribution in [0.5, 0.6) is 0 Å². The van der Waals surface area contributed by atoms with Crippen molar-refractivity contribution in [3.05, 3.63) is 5.82 Å². The quantitative estimate of drug-likeness (QED) is 0.816. The SMILES string of the molecule is CC(CC(N)=S)N(C)c1nc(C2CC2)ns1. The van der Waals surface area contributed by atoms with Crippen LogP contribution in [0.4, 0.5) is 5.13 Å². The molecule has 88 valence electrons. The van der Waals surface area contributed by atoms with Gasteiger partial charge in [0.1, 0.15) is 5.82 Å². The average Bonchev–Trinajstić information content (AvgIpc) is 2.95. The molecule has 1 atom stereocenters. The molecule has 6 heteroatoms. The molecule has 0 aliphatic heterocycles. The van der Waals surface area contributed by atoms with Gasteiger partial charge in [-0.25, -0.2) is 4.98 Å². The summed E-state index contributed by atoms with van der Waals surface area (Å²) in [4.78, 5) is 7.20. The van der Waals surface area contributed by atoms with Crippen molar-refractivity contribution in [1.82, 2.24) is 9.36 Å². The maximum atomic E-state index is 5.54. The first-order valence-corrected chi connectivity index (χ1v) is 6.61. The molecular weight excluding hydrogens is 240 g/mol. The molecule has 0 aromatic carbocycles. The van der Waals surface area contributed by atoms with Gasteiger partial charge in [-0.3, -0.25) is 0 Å². The van der Waals surface area contributed by atoms with Crippen LogP contribution in [0, 0.1) is 0 Å². The molecule has 2 rings (SSSR count). The first kappa shape index (κ1) is 11.7. The predicted molar refractivity (Wildman–Crippen MR) is 71.2 cm³/mol. The monoisotopic (exact) mass is 256 g/mol. The molecule has 0 bridgehead atoms. The van der Waals surface area contributed by atoms with Gasteiger partial charge in [0.25, 0.3) is 0 Å². The molecule has 1 heterocycles. The van der Waals surface area contributed by atoms with E-state index in [2.05, 4.69) is 21.2 Å². The van der Waals surface area contributed by atoms with E-state index in [9.17, 15) is 0 Å². The van der Waals surface area contributed by atoms with Gasteiger partial charge in [-0.2, -0.15) is 4.37 Å². The van der Waals surface area contributed by atoms with Gasteiger partial charge in [0.2, 0.25) is 5.13 Å². The van der Waals surface area contributed by atoms with E-state index in [-0.39, 0.29) is 6.04 Å². The van der Waals surface area contributed by atoms with Crippen molar-refractivity contribution in [3.8, 4) is 0 Å². The van der Waals surface area contributed by atoms with Crippen LogP contribution in [0.15, 0.2) is 0 Å². The highest BCUT2D eigenvalue weighted by Crippen LogP contribution is 2.39. The lowest BCUT2D eigenvalue weighted by atomic mass is 10.2. The van der Waals surface area contributed by atoms with Gasteiger partial charge in [-0.1, -0.05) is 12.2 Å². The zero-order valence-electron chi connectivity index (χ0n) is 9.51. The van der Waals surface area contributed by atoms with Crippen LogP contribution >= 0.6 is 23.8 Å². The van der Waals surface area contributed by atoms with Crippen molar-refractivity contribution < 1.29 is 0 Å². The first-order chi connectivity index (χ1) is 7.58. The van der Waals surface area contributed by atoms with Crippen molar-refractivity contribution in [2.24, 2.45) is 5.73 Å². The third kappa shape index (κ3) is 2.68. The van der Waals surface area contributed by atoms with E-state index in [1.54, 1.807) is 0 Å². The highest BCUT2D eigenvalue weighted by Gasteiger charge is 2.28. The fraction of sp³-hybridized carbons (Fsp3) is 0.700. The summed E-state index contributed by atoms with van der Waals surface area (Å²) in [6.07, 6.45) is 3.19. The summed E-state index contributed by atoms with van der Waals surface area (Å²) in [6, 6.07) is 0.275. The van der Waals surface area contributed by atoms with E-state index in [0.29, 0.717) is 17.3 Å². The predicted octanol–water partition coefficient (Wildman–Crippen LogP) is 1.92. The zero-order valence-corrected chi connectivity index (χ0v) is 11.1. The van der Waals surface area contributed by atoms with Crippen LogP contribution in [0.2, 0.25) is 0 Å². The Morgan fingerprint density at radius 3 is 2.94 bits per heavy atom. The molecule has 1 aliphatic carbocycles. The van der Waals surface area contributed by atoms with Crippen LogP contribution < -0.4 is 10.6 Å². The number of thiocarbonyl (C=S) groups is 1. The van der Waals surface area contributed by atoms with Crippen molar-refractivity contribution in [2.45, 2.75) is 38.1 Å². The zero-order chi connectivity index (χ0) is 11.7. The van der Waals surface area contributed by atoms with E-state index in [0.717, 1.165) is 11.0 Å². The topological polar surface area (TPSA) is 55.0 Å². The smallest absolute Gasteiger partial charge is 0.205 e. The fourth-order valence-electron chi connectivity index (χ4n) is 1.49. The number of hydrogen-bond acceptors (Lipinski definition) is 5. The Labute approximate surface area is 105 Å². The van der Waals surface area contributed by atoms with E-state index in [1.807, 2.05) is 7.05 Å². The molecule has 1 saturated carbocycles. The van der Waals surface area contributed by atoms with Gasteiger partial charge in [0.15, 0.2) is 0 Å². The number of nitrogens with two attached hydrogens (primary N) is 1. The van der Waals surface area contributed by atoms with Crippen LogP contribution in [0.1, 0.15) is 37.9 Å². The standard InChI is InChI=1S/C10H16N4S2/c1-6(5-8(11)15)14(2)10-12-9(13-16-10)7-3-4-7/h6-7H,3-5H2,1-2H3,(H2,11,15). The minimum Gasteiger partial charge on any atom is -0.393 e. The molecule has 1 fully saturated rings. The number of hydrogen-bond donors (Lipinski definition) is 1. The molecule has 1 aliphatic rings. The Morgan fingerprint density at radius 1 is 1.69 bits per heavy atom. The van der Waals surface area contributed by atoms with Gasteiger partial charge in [0.05, 0.1) is 4.99 Å². The molecule has 4 nitrogen and oxygen atoms in total. The third-order valence-corrected chi connectivity index (χ3v) is 3.82. The highest BCUT2D eigenvalue weighted by molar-refractivity contribution is 7.80. The minimum atomic E-state index is 0.275. The molecule has 1 unspecified atom stereocenters. The van der Waals surface area contributed by atoms with Crippen LogP contribution in [-0.4, -0.2) is 27.4 Å². The van der Waals surface area contributed by atoms with E-state index in [4.69, 9.17) is 18.0 Å². The third-order valence-electron chi connectivity index (χ3n) is 2.83.